The molecular weight excluding hydrogens is 300 g/mol. The maximum atomic E-state index is 12.6. The van der Waals surface area contributed by atoms with E-state index in [2.05, 4.69) is 18.2 Å². The van der Waals surface area contributed by atoms with Gasteiger partial charge in [-0.3, -0.25) is 4.79 Å². The molecule has 0 unspecified atom stereocenters. The molecule has 1 aliphatic carbocycles. The molecule has 1 saturated carbocycles. The number of carbonyl (C=O) groups excluding carboxylic acids is 1. The number of fused-ring (bicyclic) bond motifs is 3. The molecule has 1 aliphatic rings. The summed E-state index contributed by atoms with van der Waals surface area (Å²) in [6.45, 7) is 0.190. The first kappa shape index (κ1) is 12.8. The summed E-state index contributed by atoms with van der Waals surface area (Å²) in [5, 5.41) is 10.1. The van der Waals surface area contributed by atoms with Crippen molar-refractivity contribution in [2.75, 3.05) is 6.54 Å². The number of hydrogen-bond donors (Lipinski definition) is 0. The van der Waals surface area contributed by atoms with E-state index >= 15 is 0 Å². The minimum absolute atomic E-state index is 0.0107. The molecule has 0 N–H and O–H groups in total. The average molecular weight is 312 g/mol. The van der Waals surface area contributed by atoms with Crippen LogP contribution in [0, 0.1) is 11.3 Å². The molecule has 104 valence electrons. The molecule has 2 aromatic heterocycles. The van der Waals surface area contributed by atoms with Crippen molar-refractivity contribution in [2.45, 2.75) is 18.9 Å². The normalized spacial score (nSPS) is 14.4. The third kappa shape index (κ3) is 2.11. The van der Waals surface area contributed by atoms with Crippen molar-refractivity contribution in [1.82, 2.24) is 4.90 Å². The topological polar surface area (TPSA) is 44.1 Å². The Morgan fingerprint density at radius 1 is 1.29 bits per heavy atom. The zero-order chi connectivity index (χ0) is 14.4. The van der Waals surface area contributed by atoms with E-state index in [0.717, 1.165) is 22.4 Å². The number of thiophene rings is 2. The van der Waals surface area contributed by atoms with E-state index in [-0.39, 0.29) is 18.5 Å². The lowest BCUT2D eigenvalue weighted by atomic mass is 10.2. The predicted octanol–water partition coefficient (Wildman–Crippen LogP) is 4.24. The van der Waals surface area contributed by atoms with Crippen molar-refractivity contribution >= 4 is 48.1 Å². The number of rotatable bonds is 3. The van der Waals surface area contributed by atoms with Gasteiger partial charge >= 0.3 is 0 Å². The fraction of sp³-hybridized carbons (Fsp3) is 0.250. The Kier molecular flexibility index (Phi) is 2.95. The molecule has 5 heteroatoms. The highest BCUT2D eigenvalue weighted by Crippen LogP contribution is 2.40. The highest BCUT2D eigenvalue weighted by molar-refractivity contribution is 7.33. The van der Waals surface area contributed by atoms with Gasteiger partial charge < -0.3 is 4.90 Å². The van der Waals surface area contributed by atoms with Gasteiger partial charge in [0.2, 0.25) is 0 Å². The summed E-state index contributed by atoms with van der Waals surface area (Å²) in [5.74, 6) is 0.0107. The van der Waals surface area contributed by atoms with E-state index in [0.29, 0.717) is 0 Å². The Hall–Kier alpha value is -1.90. The molecule has 0 radical (unpaired) electrons. The van der Waals surface area contributed by atoms with Crippen LogP contribution in [0.25, 0.3) is 19.5 Å². The predicted molar refractivity (Wildman–Crippen MR) is 86.9 cm³/mol. The number of nitriles is 1. The fourth-order valence-corrected chi connectivity index (χ4v) is 5.06. The van der Waals surface area contributed by atoms with E-state index in [9.17, 15) is 4.79 Å². The summed E-state index contributed by atoms with van der Waals surface area (Å²) >= 11 is 3.27. The lowest BCUT2D eigenvalue weighted by Gasteiger charge is -2.17. The van der Waals surface area contributed by atoms with Crippen LogP contribution in [0.3, 0.4) is 0 Å². The van der Waals surface area contributed by atoms with Gasteiger partial charge in [0.05, 0.1) is 15.6 Å². The van der Waals surface area contributed by atoms with Crippen LogP contribution in [-0.4, -0.2) is 23.4 Å². The number of amides is 1. The molecule has 0 saturated heterocycles. The molecule has 0 atom stereocenters. The molecule has 0 spiro atoms. The Bertz CT molecular complexity index is 883. The number of benzene rings is 1. The molecule has 0 bridgehead atoms. The van der Waals surface area contributed by atoms with E-state index in [1.807, 2.05) is 18.2 Å². The van der Waals surface area contributed by atoms with Crippen LogP contribution in [0.15, 0.2) is 30.3 Å². The Labute approximate surface area is 130 Å². The van der Waals surface area contributed by atoms with Crippen molar-refractivity contribution in [2.24, 2.45) is 0 Å². The van der Waals surface area contributed by atoms with Crippen molar-refractivity contribution in [1.29, 1.82) is 5.26 Å². The zero-order valence-electron chi connectivity index (χ0n) is 11.2. The molecule has 2 heterocycles. The minimum atomic E-state index is 0.0107. The van der Waals surface area contributed by atoms with Gasteiger partial charge in [-0.2, -0.15) is 5.26 Å². The lowest BCUT2D eigenvalue weighted by Crippen LogP contribution is -2.32. The van der Waals surface area contributed by atoms with Gasteiger partial charge in [0.25, 0.3) is 5.91 Å². The van der Waals surface area contributed by atoms with E-state index in [4.69, 9.17) is 5.26 Å². The highest BCUT2D eigenvalue weighted by atomic mass is 32.1. The van der Waals surface area contributed by atoms with Crippen LogP contribution in [0.4, 0.5) is 0 Å². The van der Waals surface area contributed by atoms with Crippen LogP contribution in [0.2, 0.25) is 0 Å². The van der Waals surface area contributed by atoms with Crippen LogP contribution < -0.4 is 0 Å². The SMILES string of the molecule is N#CCN(C(=O)c1cc2sc3ccccc3c2s1)C1CC1. The molecule has 21 heavy (non-hydrogen) atoms. The zero-order valence-corrected chi connectivity index (χ0v) is 12.8. The number of nitrogens with zero attached hydrogens (tertiary/aromatic N) is 2. The minimum Gasteiger partial charge on any atom is -0.322 e. The second-order valence-corrected chi connectivity index (χ2v) is 7.36. The van der Waals surface area contributed by atoms with Gasteiger partial charge in [-0.05, 0) is 25.0 Å². The first-order valence-electron chi connectivity index (χ1n) is 6.87. The van der Waals surface area contributed by atoms with Gasteiger partial charge in [-0.25, -0.2) is 0 Å². The lowest BCUT2D eigenvalue weighted by molar-refractivity contribution is 0.0770. The summed E-state index contributed by atoms with van der Waals surface area (Å²) in [7, 11) is 0. The maximum Gasteiger partial charge on any atom is 0.265 e. The van der Waals surface area contributed by atoms with Gasteiger partial charge in [0.15, 0.2) is 0 Å². The third-order valence-corrected chi connectivity index (χ3v) is 6.15. The third-order valence-electron chi connectivity index (χ3n) is 3.75. The molecule has 1 fully saturated rings. The van der Waals surface area contributed by atoms with Gasteiger partial charge in [-0.15, -0.1) is 22.7 Å². The van der Waals surface area contributed by atoms with Crippen molar-refractivity contribution in [3.8, 4) is 6.07 Å². The van der Waals surface area contributed by atoms with Gasteiger partial charge in [0, 0.05) is 20.8 Å². The smallest absolute Gasteiger partial charge is 0.265 e. The second-order valence-electron chi connectivity index (χ2n) is 5.22. The maximum absolute atomic E-state index is 12.6. The summed E-state index contributed by atoms with van der Waals surface area (Å²) in [6.07, 6.45) is 2.05. The summed E-state index contributed by atoms with van der Waals surface area (Å²) in [5.41, 5.74) is 0. The van der Waals surface area contributed by atoms with Gasteiger partial charge in [0.1, 0.15) is 6.54 Å². The quantitative estimate of drug-likeness (QED) is 0.679. The molecule has 1 amide bonds. The van der Waals surface area contributed by atoms with Crippen LogP contribution in [-0.2, 0) is 0 Å². The van der Waals surface area contributed by atoms with E-state index in [1.165, 1.54) is 14.8 Å². The molecule has 0 aliphatic heterocycles. The van der Waals surface area contributed by atoms with E-state index < -0.39 is 0 Å². The van der Waals surface area contributed by atoms with Crippen LogP contribution in [0.5, 0.6) is 0 Å². The van der Waals surface area contributed by atoms with Crippen LogP contribution in [0.1, 0.15) is 22.5 Å². The van der Waals surface area contributed by atoms with Crippen molar-refractivity contribution < 1.29 is 4.79 Å². The van der Waals surface area contributed by atoms with Crippen molar-refractivity contribution in [3.63, 3.8) is 0 Å². The van der Waals surface area contributed by atoms with Crippen molar-refractivity contribution in [3.05, 3.63) is 35.2 Å². The Balaban J connectivity index is 1.76. The second kappa shape index (κ2) is 4.83. The number of hydrogen-bond acceptors (Lipinski definition) is 4. The molecular formula is C16H12N2OS2. The monoisotopic (exact) mass is 312 g/mol. The summed E-state index contributed by atoms with van der Waals surface area (Å²) in [6, 6.07) is 12.7. The Morgan fingerprint density at radius 2 is 2.10 bits per heavy atom. The summed E-state index contributed by atoms with van der Waals surface area (Å²) in [4.78, 5) is 15.1. The molecule has 3 aromatic rings. The standard InChI is InChI=1S/C16H12N2OS2/c17-7-8-18(10-5-6-10)16(19)14-9-13-15(21-14)11-3-1-2-4-12(11)20-13/h1-4,9-10H,5-6,8H2. The first-order valence-corrected chi connectivity index (χ1v) is 8.50. The largest absolute Gasteiger partial charge is 0.322 e. The number of carbonyl (C=O) groups is 1. The van der Waals surface area contributed by atoms with E-state index in [1.54, 1.807) is 27.6 Å². The van der Waals surface area contributed by atoms with Gasteiger partial charge in [-0.1, -0.05) is 18.2 Å². The van der Waals surface area contributed by atoms with Crippen LogP contribution >= 0.6 is 22.7 Å². The molecule has 3 nitrogen and oxygen atoms in total. The highest BCUT2D eigenvalue weighted by Gasteiger charge is 2.33. The summed E-state index contributed by atoms with van der Waals surface area (Å²) < 4.78 is 3.61. The fourth-order valence-electron chi connectivity index (χ4n) is 2.58. The average Bonchev–Trinajstić information content (AvgIpc) is 3.15. The first-order chi connectivity index (χ1) is 10.3. The molecule has 1 aromatic carbocycles. The Morgan fingerprint density at radius 3 is 2.86 bits per heavy atom. The molecule has 4 rings (SSSR count).